The third-order valence-corrected chi connectivity index (χ3v) is 3.67. The largest absolute Gasteiger partial charge is 0.497 e. The van der Waals surface area contributed by atoms with Gasteiger partial charge in [-0.25, -0.2) is 0 Å². The number of aliphatic hydroxyl groups excluding tert-OH is 1. The van der Waals surface area contributed by atoms with Crippen molar-refractivity contribution in [1.82, 2.24) is 5.32 Å². The van der Waals surface area contributed by atoms with Crippen LogP contribution in [0.5, 0.6) is 11.5 Å². The second-order valence-corrected chi connectivity index (χ2v) is 5.27. The minimum absolute atomic E-state index is 0. The van der Waals surface area contributed by atoms with E-state index in [4.69, 9.17) is 15.2 Å². The molecular weight excluding hydrogens is 344 g/mol. The van der Waals surface area contributed by atoms with E-state index in [0.29, 0.717) is 29.2 Å². The molecule has 6 nitrogen and oxygen atoms in total. The summed E-state index contributed by atoms with van der Waals surface area (Å²) in [5.74, 6) is 0.895. The van der Waals surface area contributed by atoms with Gasteiger partial charge in [0.15, 0.2) is 0 Å². The number of amides is 1. The van der Waals surface area contributed by atoms with Gasteiger partial charge in [0.05, 0.1) is 20.3 Å². The van der Waals surface area contributed by atoms with Crippen molar-refractivity contribution < 1.29 is 19.4 Å². The first-order valence-corrected chi connectivity index (χ1v) is 7.55. The van der Waals surface area contributed by atoms with Crippen LogP contribution in [-0.4, -0.2) is 31.8 Å². The van der Waals surface area contributed by atoms with Crippen LogP contribution in [0.4, 0.5) is 0 Å². The van der Waals surface area contributed by atoms with Crippen LogP contribution in [0, 0.1) is 0 Å². The summed E-state index contributed by atoms with van der Waals surface area (Å²) in [4.78, 5) is 12.1. The second-order valence-electron chi connectivity index (χ2n) is 5.27. The molecule has 1 amide bonds. The molecule has 0 aliphatic heterocycles. The maximum Gasteiger partial charge on any atom is 0.251 e. The number of hydrogen-bond donors (Lipinski definition) is 3. The first kappa shape index (κ1) is 20.8. The molecule has 0 saturated carbocycles. The molecule has 2 rings (SSSR count). The molecule has 0 heterocycles. The normalized spacial score (nSPS) is 11.2. The van der Waals surface area contributed by atoms with Gasteiger partial charge in [-0.15, -0.1) is 12.4 Å². The summed E-state index contributed by atoms with van der Waals surface area (Å²) in [5, 5.41) is 13.0. The van der Waals surface area contributed by atoms with Crippen molar-refractivity contribution in [3.05, 3.63) is 59.2 Å². The molecule has 0 aliphatic rings. The number of nitrogens with two attached hydrogens (primary N) is 1. The molecule has 0 spiro atoms. The van der Waals surface area contributed by atoms with E-state index in [0.717, 1.165) is 5.56 Å². The molecule has 2 aromatic rings. The van der Waals surface area contributed by atoms with Crippen LogP contribution >= 0.6 is 12.4 Å². The lowest BCUT2D eigenvalue weighted by atomic mass is 10.1. The first-order chi connectivity index (χ1) is 11.6. The Morgan fingerprint density at radius 2 is 1.68 bits per heavy atom. The Morgan fingerprint density at radius 3 is 2.16 bits per heavy atom. The minimum atomic E-state index is -0.874. The topological polar surface area (TPSA) is 93.8 Å². The number of ether oxygens (including phenoxy) is 2. The van der Waals surface area contributed by atoms with E-state index < -0.39 is 6.10 Å². The fourth-order valence-electron chi connectivity index (χ4n) is 2.22. The van der Waals surface area contributed by atoms with E-state index in [1.54, 1.807) is 42.5 Å². The van der Waals surface area contributed by atoms with E-state index in [2.05, 4.69) is 5.32 Å². The summed E-state index contributed by atoms with van der Waals surface area (Å²) in [7, 11) is 3.08. The third kappa shape index (κ3) is 5.63. The molecule has 7 heteroatoms. The SMILES string of the molecule is COc1cc(OC)cc(C(O)CNC(=O)c2ccc(CN)cc2)c1.Cl. The van der Waals surface area contributed by atoms with Crippen molar-refractivity contribution in [2.45, 2.75) is 12.6 Å². The molecule has 25 heavy (non-hydrogen) atoms. The molecule has 0 radical (unpaired) electrons. The lowest BCUT2D eigenvalue weighted by molar-refractivity contribution is 0.0916. The predicted octanol–water partition coefficient (Wildman–Crippen LogP) is 2.05. The number of carbonyl (C=O) groups is 1. The van der Waals surface area contributed by atoms with Crippen LogP contribution in [0.25, 0.3) is 0 Å². The zero-order valence-corrected chi connectivity index (χ0v) is 15.0. The molecule has 0 aromatic heterocycles. The number of rotatable bonds is 7. The van der Waals surface area contributed by atoms with Crippen LogP contribution < -0.4 is 20.5 Å². The van der Waals surface area contributed by atoms with Crippen LogP contribution in [0.1, 0.15) is 27.6 Å². The van der Waals surface area contributed by atoms with Crippen molar-refractivity contribution in [1.29, 1.82) is 0 Å². The molecular formula is C18H23ClN2O4. The van der Waals surface area contributed by atoms with Gasteiger partial charge in [-0.1, -0.05) is 12.1 Å². The van der Waals surface area contributed by atoms with Gasteiger partial charge in [0, 0.05) is 24.7 Å². The van der Waals surface area contributed by atoms with E-state index >= 15 is 0 Å². The van der Waals surface area contributed by atoms with E-state index in [1.807, 2.05) is 0 Å². The van der Waals surface area contributed by atoms with Crippen LogP contribution in [-0.2, 0) is 6.54 Å². The fraction of sp³-hybridized carbons (Fsp3) is 0.278. The summed E-state index contributed by atoms with van der Waals surface area (Å²) in [6.07, 6.45) is -0.874. The zero-order chi connectivity index (χ0) is 17.5. The van der Waals surface area contributed by atoms with Gasteiger partial charge >= 0.3 is 0 Å². The van der Waals surface area contributed by atoms with Crippen molar-refractivity contribution in [3.8, 4) is 11.5 Å². The Kier molecular flexibility index (Phi) is 8.21. The van der Waals surface area contributed by atoms with E-state index in [9.17, 15) is 9.90 Å². The first-order valence-electron chi connectivity index (χ1n) is 7.55. The molecule has 0 bridgehead atoms. The minimum Gasteiger partial charge on any atom is -0.497 e. The average Bonchev–Trinajstić information content (AvgIpc) is 2.65. The number of hydrogen-bond acceptors (Lipinski definition) is 5. The molecule has 4 N–H and O–H groups in total. The maximum atomic E-state index is 12.1. The molecule has 0 fully saturated rings. The Bertz CT molecular complexity index is 670. The lowest BCUT2D eigenvalue weighted by Gasteiger charge is -2.15. The van der Waals surface area contributed by atoms with Crippen LogP contribution in [0.2, 0.25) is 0 Å². The number of benzene rings is 2. The van der Waals surface area contributed by atoms with Gasteiger partial charge in [0.25, 0.3) is 5.91 Å². The van der Waals surface area contributed by atoms with Crippen LogP contribution in [0.15, 0.2) is 42.5 Å². The molecule has 2 aromatic carbocycles. The van der Waals surface area contributed by atoms with Crippen molar-refractivity contribution in [2.75, 3.05) is 20.8 Å². The smallest absolute Gasteiger partial charge is 0.251 e. The van der Waals surface area contributed by atoms with Gasteiger partial charge in [-0.2, -0.15) is 0 Å². The Morgan fingerprint density at radius 1 is 1.12 bits per heavy atom. The predicted molar refractivity (Wildman–Crippen MR) is 98.4 cm³/mol. The molecule has 0 aliphatic carbocycles. The highest BCUT2D eigenvalue weighted by atomic mass is 35.5. The summed E-state index contributed by atoms with van der Waals surface area (Å²) in [6, 6.07) is 12.1. The Hall–Kier alpha value is -2.28. The van der Waals surface area contributed by atoms with Crippen LogP contribution in [0.3, 0.4) is 0 Å². The van der Waals surface area contributed by atoms with Crippen molar-refractivity contribution in [2.24, 2.45) is 5.73 Å². The molecule has 136 valence electrons. The van der Waals surface area contributed by atoms with Gasteiger partial charge in [0.1, 0.15) is 11.5 Å². The second kappa shape index (κ2) is 9.88. The summed E-state index contributed by atoms with van der Waals surface area (Å²) in [6.45, 7) is 0.506. The maximum absolute atomic E-state index is 12.1. The number of carbonyl (C=O) groups excluding carboxylic acids is 1. The van der Waals surface area contributed by atoms with Crippen molar-refractivity contribution >= 4 is 18.3 Å². The van der Waals surface area contributed by atoms with Gasteiger partial charge in [-0.05, 0) is 35.4 Å². The Labute approximate surface area is 153 Å². The highest BCUT2D eigenvalue weighted by Gasteiger charge is 2.13. The summed E-state index contributed by atoms with van der Waals surface area (Å²) in [5.41, 5.74) is 7.60. The lowest BCUT2D eigenvalue weighted by Crippen LogP contribution is -2.28. The molecule has 1 unspecified atom stereocenters. The number of methoxy groups -OCH3 is 2. The highest BCUT2D eigenvalue weighted by Crippen LogP contribution is 2.26. The fourth-order valence-corrected chi connectivity index (χ4v) is 2.22. The molecule has 0 saturated heterocycles. The van der Waals surface area contributed by atoms with Crippen molar-refractivity contribution in [3.63, 3.8) is 0 Å². The standard InChI is InChI=1S/C18H22N2O4.ClH/c1-23-15-7-14(8-16(9-15)24-2)17(21)11-20-18(22)13-5-3-12(10-19)4-6-13;/h3-9,17,21H,10-11,19H2,1-2H3,(H,20,22);1H. The average molecular weight is 367 g/mol. The Balaban J connectivity index is 0.00000312. The van der Waals surface area contributed by atoms with Gasteiger partial charge in [0.2, 0.25) is 0 Å². The number of nitrogens with one attached hydrogen (secondary N) is 1. The third-order valence-electron chi connectivity index (χ3n) is 3.67. The van der Waals surface area contributed by atoms with Gasteiger partial charge in [-0.3, -0.25) is 4.79 Å². The highest BCUT2D eigenvalue weighted by molar-refractivity contribution is 5.94. The summed E-state index contributed by atoms with van der Waals surface area (Å²) < 4.78 is 10.4. The number of halogens is 1. The van der Waals surface area contributed by atoms with E-state index in [1.165, 1.54) is 14.2 Å². The van der Waals surface area contributed by atoms with E-state index in [-0.39, 0.29) is 24.9 Å². The summed E-state index contributed by atoms with van der Waals surface area (Å²) >= 11 is 0. The number of aliphatic hydroxyl groups is 1. The van der Waals surface area contributed by atoms with Gasteiger partial charge < -0.3 is 25.6 Å². The quantitative estimate of drug-likeness (QED) is 0.697. The monoisotopic (exact) mass is 366 g/mol. The zero-order valence-electron chi connectivity index (χ0n) is 14.2. The molecule has 1 atom stereocenters.